The molecule has 1 aliphatic rings. The highest BCUT2D eigenvalue weighted by Crippen LogP contribution is 2.32. The maximum Gasteiger partial charge on any atom is 0.259 e. The van der Waals surface area contributed by atoms with Crippen LogP contribution in [0.15, 0.2) is 40.9 Å². The summed E-state index contributed by atoms with van der Waals surface area (Å²) in [5.74, 6) is -0.239. The quantitative estimate of drug-likeness (QED) is 0.869. The van der Waals surface area contributed by atoms with Gasteiger partial charge in [0.1, 0.15) is 12.4 Å². The summed E-state index contributed by atoms with van der Waals surface area (Å²) < 4.78 is 19.4. The number of rotatable bonds is 2. The van der Waals surface area contributed by atoms with Gasteiger partial charge in [0.05, 0.1) is 16.9 Å². The Labute approximate surface area is 129 Å². The summed E-state index contributed by atoms with van der Waals surface area (Å²) in [7, 11) is 0. The highest BCUT2D eigenvalue weighted by Gasteiger charge is 2.19. The van der Waals surface area contributed by atoms with Crippen molar-refractivity contribution in [3.05, 3.63) is 52.3 Å². The lowest BCUT2D eigenvalue weighted by molar-refractivity contribution is 0.102. The lowest BCUT2D eigenvalue weighted by Gasteiger charge is -2.21. The molecule has 0 unspecified atom stereocenters. The SMILES string of the molecule is O=C(Nc1cc(F)ccc1Br)c1cccc2c1OCCN2. The summed E-state index contributed by atoms with van der Waals surface area (Å²) in [5, 5.41) is 5.85. The normalized spacial score (nSPS) is 12.9. The van der Waals surface area contributed by atoms with E-state index in [1.54, 1.807) is 18.2 Å². The van der Waals surface area contributed by atoms with Gasteiger partial charge < -0.3 is 15.4 Å². The van der Waals surface area contributed by atoms with E-state index in [0.29, 0.717) is 34.6 Å². The van der Waals surface area contributed by atoms with E-state index in [1.807, 2.05) is 6.07 Å². The van der Waals surface area contributed by atoms with Gasteiger partial charge in [0.15, 0.2) is 5.75 Å². The minimum absolute atomic E-state index is 0.346. The standard InChI is InChI=1S/C15H12BrFN2O2/c16-11-5-4-9(17)8-13(11)19-15(20)10-2-1-3-12-14(10)21-7-6-18-12/h1-5,8,18H,6-7H2,(H,19,20). The second-order valence-electron chi connectivity index (χ2n) is 4.54. The van der Waals surface area contributed by atoms with E-state index in [0.717, 1.165) is 5.69 Å². The van der Waals surface area contributed by atoms with Gasteiger partial charge in [-0.05, 0) is 46.3 Å². The third-order valence-corrected chi connectivity index (χ3v) is 3.79. The Balaban J connectivity index is 1.91. The number of ether oxygens (including phenoxy) is 1. The van der Waals surface area contributed by atoms with Gasteiger partial charge >= 0.3 is 0 Å². The van der Waals surface area contributed by atoms with Crippen LogP contribution in [0.3, 0.4) is 0 Å². The van der Waals surface area contributed by atoms with Crippen LogP contribution < -0.4 is 15.4 Å². The van der Waals surface area contributed by atoms with Crippen molar-refractivity contribution in [1.82, 2.24) is 0 Å². The first kappa shape index (κ1) is 13.9. The number of benzene rings is 2. The maximum atomic E-state index is 13.3. The smallest absolute Gasteiger partial charge is 0.259 e. The monoisotopic (exact) mass is 350 g/mol. The van der Waals surface area contributed by atoms with Gasteiger partial charge in [-0.25, -0.2) is 4.39 Å². The maximum absolute atomic E-state index is 13.3. The number of amides is 1. The second-order valence-corrected chi connectivity index (χ2v) is 5.39. The molecule has 0 saturated carbocycles. The van der Waals surface area contributed by atoms with Crippen LogP contribution in [-0.2, 0) is 0 Å². The molecule has 4 nitrogen and oxygen atoms in total. The Hall–Kier alpha value is -2.08. The highest BCUT2D eigenvalue weighted by atomic mass is 79.9. The zero-order valence-electron chi connectivity index (χ0n) is 11.0. The minimum Gasteiger partial charge on any atom is -0.489 e. The summed E-state index contributed by atoms with van der Waals surface area (Å²) >= 11 is 3.28. The van der Waals surface area contributed by atoms with Gasteiger partial charge in [-0.2, -0.15) is 0 Å². The van der Waals surface area contributed by atoms with Crippen molar-refractivity contribution in [3.8, 4) is 5.75 Å². The number of hydrogen-bond donors (Lipinski definition) is 2. The number of anilines is 2. The Kier molecular flexibility index (Phi) is 3.79. The molecule has 0 aliphatic carbocycles. The van der Waals surface area contributed by atoms with Crippen LogP contribution in [0.2, 0.25) is 0 Å². The molecule has 0 saturated heterocycles. The number of carbonyl (C=O) groups is 1. The summed E-state index contributed by atoms with van der Waals surface area (Å²) in [6, 6.07) is 9.42. The van der Waals surface area contributed by atoms with E-state index in [4.69, 9.17) is 4.74 Å². The summed E-state index contributed by atoms with van der Waals surface area (Å²) in [6.07, 6.45) is 0. The molecule has 2 N–H and O–H groups in total. The number of halogens is 2. The lowest BCUT2D eigenvalue weighted by Crippen LogP contribution is -2.22. The highest BCUT2D eigenvalue weighted by molar-refractivity contribution is 9.10. The fourth-order valence-corrected chi connectivity index (χ4v) is 2.48. The number of nitrogens with one attached hydrogen (secondary N) is 2. The molecular weight excluding hydrogens is 339 g/mol. The van der Waals surface area contributed by atoms with E-state index >= 15 is 0 Å². The van der Waals surface area contributed by atoms with Gasteiger partial charge in [-0.1, -0.05) is 6.07 Å². The fraction of sp³-hybridized carbons (Fsp3) is 0.133. The van der Waals surface area contributed by atoms with Crippen LogP contribution in [0.1, 0.15) is 10.4 Å². The van der Waals surface area contributed by atoms with Crippen LogP contribution in [0, 0.1) is 5.82 Å². The van der Waals surface area contributed by atoms with Gasteiger partial charge in [0.25, 0.3) is 5.91 Å². The predicted molar refractivity (Wildman–Crippen MR) is 82.5 cm³/mol. The number of carbonyl (C=O) groups excluding carboxylic acids is 1. The molecule has 1 heterocycles. The van der Waals surface area contributed by atoms with Crippen molar-refractivity contribution in [2.24, 2.45) is 0 Å². The van der Waals surface area contributed by atoms with E-state index in [-0.39, 0.29) is 5.91 Å². The lowest BCUT2D eigenvalue weighted by atomic mass is 10.1. The van der Waals surface area contributed by atoms with Crippen molar-refractivity contribution in [2.45, 2.75) is 0 Å². The van der Waals surface area contributed by atoms with Gasteiger partial charge in [-0.15, -0.1) is 0 Å². The number of hydrogen-bond acceptors (Lipinski definition) is 3. The van der Waals surface area contributed by atoms with Crippen LogP contribution in [0.5, 0.6) is 5.75 Å². The molecule has 0 bridgehead atoms. The zero-order valence-corrected chi connectivity index (χ0v) is 12.5. The Morgan fingerprint density at radius 1 is 1.33 bits per heavy atom. The van der Waals surface area contributed by atoms with Crippen molar-refractivity contribution in [1.29, 1.82) is 0 Å². The molecule has 3 rings (SSSR count). The molecule has 108 valence electrons. The van der Waals surface area contributed by atoms with Crippen molar-refractivity contribution in [3.63, 3.8) is 0 Å². The largest absolute Gasteiger partial charge is 0.489 e. The summed E-state index contributed by atoms with van der Waals surface area (Å²) in [4.78, 5) is 12.4. The minimum atomic E-state index is -0.415. The summed E-state index contributed by atoms with van der Waals surface area (Å²) in [5.41, 5.74) is 1.57. The van der Waals surface area contributed by atoms with E-state index in [2.05, 4.69) is 26.6 Å². The third kappa shape index (κ3) is 2.85. The first-order valence-electron chi connectivity index (χ1n) is 6.41. The number of fused-ring (bicyclic) bond motifs is 1. The number of para-hydroxylation sites is 1. The van der Waals surface area contributed by atoms with Gasteiger partial charge in [-0.3, -0.25) is 4.79 Å². The molecular formula is C15H12BrFN2O2. The predicted octanol–water partition coefficient (Wildman–Crippen LogP) is 3.64. The molecule has 2 aromatic carbocycles. The third-order valence-electron chi connectivity index (χ3n) is 3.10. The Morgan fingerprint density at radius 3 is 3.05 bits per heavy atom. The molecule has 0 fully saturated rings. The fourth-order valence-electron chi connectivity index (χ4n) is 2.13. The molecule has 1 aliphatic heterocycles. The average Bonchev–Trinajstić information content (AvgIpc) is 2.50. The molecule has 21 heavy (non-hydrogen) atoms. The average molecular weight is 351 g/mol. The molecule has 0 spiro atoms. The topological polar surface area (TPSA) is 50.4 Å². The van der Waals surface area contributed by atoms with Crippen LogP contribution in [0.4, 0.5) is 15.8 Å². The molecule has 6 heteroatoms. The Bertz CT molecular complexity index is 706. The first-order chi connectivity index (χ1) is 10.1. The summed E-state index contributed by atoms with van der Waals surface area (Å²) in [6.45, 7) is 1.20. The van der Waals surface area contributed by atoms with E-state index in [1.165, 1.54) is 12.1 Å². The van der Waals surface area contributed by atoms with Gasteiger partial charge in [0.2, 0.25) is 0 Å². The molecule has 0 aromatic heterocycles. The second kappa shape index (κ2) is 5.73. The van der Waals surface area contributed by atoms with Crippen LogP contribution >= 0.6 is 15.9 Å². The van der Waals surface area contributed by atoms with Crippen LogP contribution in [-0.4, -0.2) is 19.1 Å². The van der Waals surface area contributed by atoms with Crippen molar-refractivity contribution < 1.29 is 13.9 Å². The van der Waals surface area contributed by atoms with Crippen LogP contribution in [0.25, 0.3) is 0 Å². The zero-order chi connectivity index (χ0) is 14.8. The van der Waals surface area contributed by atoms with E-state index in [9.17, 15) is 9.18 Å². The van der Waals surface area contributed by atoms with Crippen molar-refractivity contribution >= 4 is 33.2 Å². The molecule has 0 radical (unpaired) electrons. The molecule has 2 aromatic rings. The molecule has 0 atom stereocenters. The first-order valence-corrected chi connectivity index (χ1v) is 7.20. The molecule has 1 amide bonds. The van der Waals surface area contributed by atoms with Gasteiger partial charge in [0, 0.05) is 11.0 Å². The van der Waals surface area contributed by atoms with E-state index < -0.39 is 5.82 Å². The van der Waals surface area contributed by atoms with Crippen molar-refractivity contribution in [2.75, 3.05) is 23.8 Å². The Morgan fingerprint density at radius 2 is 2.19 bits per heavy atom.